The quantitative estimate of drug-likeness (QED) is 0.392. The Morgan fingerprint density at radius 1 is 1.00 bits per heavy atom. The first-order valence-electron chi connectivity index (χ1n) is 9.55. The van der Waals surface area contributed by atoms with Crippen molar-refractivity contribution >= 4 is 33.6 Å². The third-order valence-electron chi connectivity index (χ3n) is 5.02. The summed E-state index contributed by atoms with van der Waals surface area (Å²) in [6.07, 6.45) is 6.34. The third kappa shape index (κ3) is 3.02. The van der Waals surface area contributed by atoms with Crippen LogP contribution in [0.4, 0.5) is 0 Å². The van der Waals surface area contributed by atoms with Crippen molar-refractivity contribution in [2.45, 2.75) is 49.4 Å². The van der Waals surface area contributed by atoms with Crippen molar-refractivity contribution in [1.29, 1.82) is 0 Å². The average molecular weight is 374 g/mol. The van der Waals surface area contributed by atoms with Crippen LogP contribution in [0.1, 0.15) is 45.1 Å². The monoisotopic (exact) mass is 373 g/mol. The van der Waals surface area contributed by atoms with Crippen molar-refractivity contribution in [2.24, 2.45) is 0 Å². The molecule has 1 saturated carbocycles. The maximum absolute atomic E-state index is 4.91. The van der Waals surface area contributed by atoms with Gasteiger partial charge in [-0.15, -0.1) is 0 Å². The lowest BCUT2D eigenvalue weighted by Gasteiger charge is -2.19. The van der Waals surface area contributed by atoms with Crippen molar-refractivity contribution in [3.05, 3.63) is 60.4 Å². The van der Waals surface area contributed by atoms with Gasteiger partial charge in [-0.25, -0.2) is 4.98 Å². The van der Waals surface area contributed by atoms with E-state index in [2.05, 4.69) is 72.8 Å². The number of hydrogen-bond donors (Lipinski definition) is 0. The van der Waals surface area contributed by atoms with E-state index in [-0.39, 0.29) is 4.75 Å². The minimum Gasteiger partial charge on any atom is -0.287 e. The molecule has 0 saturated heterocycles. The summed E-state index contributed by atoms with van der Waals surface area (Å²) >= 11 is 1.80. The molecule has 2 aromatic carbocycles. The molecule has 136 valence electrons. The Bertz CT molecular complexity index is 1150. The second-order valence-corrected chi connectivity index (χ2v) is 10.1. The van der Waals surface area contributed by atoms with E-state index in [1.165, 1.54) is 34.9 Å². The number of benzene rings is 2. The van der Waals surface area contributed by atoms with Crippen LogP contribution in [0.2, 0.25) is 0 Å². The fourth-order valence-corrected chi connectivity index (χ4v) is 4.72. The van der Waals surface area contributed by atoms with Gasteiger partial charge in [0, 0.05) is 16.3 Å². The Kier molecular flexibility index (Phi) is 3.80. The highest BCUT2D eigenvalue weighted by Crippen LogP contribution is 2.45. The summed E-state index contributed by atoms with van der Waals surface area (Å²) < 4.78 is 2.39. The Labute approximate surface area is 163 Å². The van der Waals surface area contributed by atoms with E-state index in [1.807, 2.05) is 12.4 Å². The van der Waals surface area contributed by atoms with Gasteiger partial charge in [0.05, 0.1) is 17.4 Å². The lowest BCUT2D eigenvalue weighted by atomic mass is 9.99. The summed E-state index contributed by atoms with van der Waals surface area (Å²) in [5.41, 5.74) is 4.75. The van der Waals surface area contributed by atoms with Crippen LogP contribution in [0.25, 0.3) is 27.5 Å². The van der Waals surface area contributed by atoms with E-state index >= 15 is 0 Å². The molecule has 0 radical (unpaired) electrons. The lowest BCUT2D eigenvalue weighted by Crippen LogP contribution is -2.09. The smallest absolute Gasteiger partial charge is 0.174 e. The summed E-state index contributed by atoms with van der Waals surface area (Å²) in [5.74, 6) is 0.733. The molecule has 1 aliphatic carbocycles. The Balaban J connectivity index is 1.81. The van der Waals surface area contributed by atoms with Crippen LogP contribution in [0.5, 0.6) is 0 Å². The summed E-state index contributed by atoms with van der Waals surface area (Å²) in [5, 5.41) is 3.70. The summed E-state index contributed by atoms with van der Waals surface area (Å²) in [7, 11) is 0. The van der Waals surface area contributed by atoms with Gasteiger partial charge in [-0.3, -0.25) is 9.55 Å². The Morgan fingerprint density at radius 3 is 2.52 bits per heavy atom. The molecule has 0 N–H and O–H groups in total. The predicted molar refractivity (Wildman–Crippen MR) is 114 cm³/mol. The zero-order valence-corrected chi connectivity index (χ0v) is 16.8. The molecule has 2 heterocycles. The van der Waals surface area contributed by atoms with Gasteiger partial charge < -0.3 is 0 Å². The number of nitrogens with zero attached hydrogens (tertiary/aromatic N) is 3. The van der Waals surface area contributed by atoms with Crippen molar-refractivity contribution in [1.82, 2.24) is 14.5 Å². The van der Waals surface area contributed by atoms with Gasteiger partial charge in [0.1, 0.15) is 5.52 Å². The zero-order chi connectivity index (χ0) is 18.6. The normalized spacial score (nSPS) is 14.9. The maximum Gasteiger partial charge on any atom is 0.174 e. The first-order valence-corrected chi connectivity index (χ1v) is 10.4. The highest BCUT2D eigenvalue weighted by Gasteiger charge is 2.27. The fourth-order valence-electron chi connectivity index (χ4n) is 3.74. The molecule has 0 spiro atoms. The van der Waals surface area contributed by atoms with Crippen LogP contribution in [-0.4, -0.2) is 19.3 Å². The predicted octanol–water partition coefficient (Wildman–Crippen LogP) is 6.34. The molecule has 0 amide bonds. The van der Waals surface area contributed by atoms with Gasteiger partial charge in [0.2, 0.25) is 0 Å². The van der Waals surface area contributed by atoms with E-state index in [0.29, 0.717) is 0 Å². The van der Waals surface area contributed by atoms with Gasteiger partial charge in [0.25, 0.3) is 0 Å². The van der Waals surface area contributed by atoms with Crippen LogP contribution < -0.4 is 0 Å². The molecule has 0 unspecified atom stereocenters. The molecule has 5 rings (SSSR count). The van der Waals surface area contributed by atoms with Gasteiger partial charge in [-0.1, -0.05) is 62.9 Å². The summed E-state index contributed by atoms with van der Waals surface area (Å²) in [6.45, 7) is 6.69. The molecule has 0 aliphatic heterocycles. The first-order chi connectivity index (χ1) is 13.0. The maximum atomic E-state index is 4.91. The van der Waals surface area contributed by atoms with Crippen LogP contribution in [0.3, 0.4) is 0 Å². The highest BCUT2D eigenvalue weighted by molar-refractivity contribution is 8.00. The highest BCUT2D eigenvalue weighted by atomic mass is 32.2. The number of rotatable bonds is 3. The first kappa shape index (κ1) is 16.8. The number of hydrogen-bond acceptors (Lipinski definition) is 3. The van der Waals surface area contributed by atoms with Gasteiger partial charge in [-0.2, -0.15) is 0 Å². The fraction of sp³-hybridized carbons (Fsp3) is 0.304. The summed E-state index contributed by atoms with van der Waals surface area (Å²) in [6, 6.07) is 15.5. The van der Waals surface area contributed by atoms with E-state index < -0.39 is 0 Å². The van der Waals surface area contributed by atoms with Crippen molar-refractivity contribution in [2.75, 3.05) is 0 Å². The molecule has 3 nitrogen and oxygen atoms in total. The van der Waals surface area contributed by atoms with Crippen molar-refractivity contribution in [3.8, 4) is 5.69 Å². The molecule has 0 bridgehead atoms. The van der Waals surface area contributed by atoms with Crippen LogP contribution in [-0.2, 0) is 0 Å². The SMILES string of the molecule is CC(C)(C)Sc1nc2cnccc2n1-c1ccc(C2CC2)c2ccccc12. The lowest BCUT2D eigenvalue weighted by molar-refractivity contribution is 0.788. The van der Waals surface area contributed by atoms with Gasteiger partial charge in [-0.05, 0) is 41.8 Å². The second kappa shape index (κ2) is 6.10. The molecule has 1 aliphatic rings. The zero-order valence-electron chi connectivity index (χ0n) is 15.9. The number of pyridine rings is 1. The average Bonchev–Trinajstić information content (AvgIpc) is 3.41. The number of imidazole rings is 1. The molecule has 4 heteroatoms. The molecule has 0 atom stereocenters. The molecular formula is C23H23N3S. The number of aromatic nitrogens is 3. The Hall–Kier alpha value is -2.33. The topological polar surface area (TPSA) is 30.7 Å². The largest absolute Gasteiger partial charge is 0.287 e. The molecule has 2 aromatic heterocycles. The van der Waals surface area contributed by atoms with Crippen LogP contribution >= 0.6 is 11.8 Å². The molecular weight excluding hydrogens is 350 g/mol. The van der Waals surface area contributed by atoms with Gasteiger partial charge >= 0.3 is 0 Å². The van der Waals surface area contributed by atoms with E-state index in [1.54, 1.807) is 11.8 Å². The molecule has 1 fully saturated rings. The van der Waals surface area contributed by atoms with E-state index in [4.69, 9.17) is 4.98 Å². The van der Waals surface area contributed by atoms with Crippen molar-refractivity contribution < 1.29 is 0 Å². The van der Waals surface area contributed by atoms with Crippen molar-refractivity contribution in [3.63, 3.8) is 0 Å². The van der Waals surface area contributed by atoms with E-state index in [0.717, 1.165) is 22.1 Å². The van der Waals surface area contributed by atoms with E-state index in [9.17, 15) is 0 Å². The van der Waals surface area contributed by atoms with Gasteiger partial charge in [0.15, 0.2) is 5.16 Å². The molecule has 27 heavy (non-hydrogen) atoms. The Morgan fingerprint density at radius 2 is 1.78 bits per heavy atom. The standard InChI is InChI=1S/C23H23N3S/c1-23(2,3)27-22-25-19-14-24-13-12-21(19)26(22)20-11-10-16(15-8-9-15)17-6-4-5-7-18(17)20/h4-7,10-15H,8-9H2,1-3H3. The molecule has 4 aromatic rings. The van der Waals surface area contributed by atoms with Crippen LogP contribution in [0, 0.1) is 0 Å². The minimum absolute atomic E-state index is 0.0797. The number of fused-ring (bicyclic) bond motifs is 2. The second-order valence-electron chi connectivity index (χ2n) is 8.30. The van der Waals surface area contributed by atoms with Crippen LogP contribution in [0.15, 0.2) is 60.0 Å². The minimum atomic E-state index is 0.0797. The third-order valence-corrected chi connectivity index (χ3v) is 6.09. The number of thioether (sulfide) groups is 1. The summed E-state index contributed by atoms with van der Waals surface area (Å²) in [4.78, 5) is 9.19.